The Labute approximate surface area is 195 Å². The number of hydrogen-bond acceptors (Lipinski definition) is 5. The molecule has 0 spiro atoms. The van der Waals surface area contributed by atoms with Crippen LogP contribution in [0.15, 0.2) is 53.4 Å². The van der Waals surface area contributed by atoms with E-state index in [-0.39, 0.29) is 28.4 Å². The van der Waals surface area contributed by atoms with Gasteiger partial charge in [0.25, 0.3) is 15.9 Å². The van der Waals surface area contributed by atoms with Crippen LogP contribution in [0.5, 0.6) is 0 Å². The fraction of sp³-hybridized carbons (Fsp3) is 0.391. The van der Waals surface area contributed by atoms with Crippen molar-refractivity contribution in [1.82, 2.24) is 4.90 Å². The molecule has 1 amide bonds. The van der Waals surface area contributed by atoms with Crippen LogP contribution < -0.4 is 4.31 Å². The molecule has 0 aliphatic rings. The van der Waals surface area contributed by atoms with Crippen molar-refractivity contribution in [2.75, 3.05) is 11.4 Å². The van der Waals surface area contributed by atoms with E-state index in [9.17, 15) is 18.0 Å². The molecular formula is C23H29ClN2O5S. The molecule has 2 aromatic rings. The van der Waals surface area contributed by atoms with Crippen molar-refractivity contribution in [3.05, 3.63) is 59.1 Å². The molecule has 2 aromatic carbocycles. The summed E-state index contributed by atoms with van der Waals surface area (Å²) >= 11 is 5.97. The van der Waals surface area contributed by atoms with Crippen molar-refractivity contribution >= 4 is 39.2 Å². The molecule has 0 radical (unpaired) electrons. The van der Waals surface area contributed by atoms with Gasteiger partial charge in [0.2, 0.25) is 0 Å². The number of esters is 1. The lowest BCUT2D eigenvalue weighted by molar-refractivity contribution is -0.143. The molecule has 9 heteroatoms. The third kappa shape index (κ3) is 5.81. The van der Waals surface area contributed by atoms with Gasteiger partial charge >= 0.3 is 5.97 Å². The topological polar surface area (TPSA) is 84.0 Å². The largest absolute Gasteiger partial charge is 0.449 e. The van der Waals surface area contributed by atoms with Crippen LogP contribution in [0, 0.1) is 0 Å². The number of nitrogens with zero attached hydrogens (tertiary/aromatic N) is 2. The maximum absolute atomic E-state index is 13.1. The van der Waals surface area contributed by atoms with Gasteiger partial charge in [-0.2, -0.15) is 0 Å². The third-order valence-electron chi connectivity index (χ3n) is 4.90. The number of ether oxygens (including phenoxy) is 1. The second-order valence-electron chi connectivity index (χ2n) is 7.96. The smallest absolute Gasteiger partial charge is 0.338 e. The molecule has 0 saturated heterocycles. The highest BCUT2D eigenvalue weighted by Gasteiger charge is 2.29. The fourth-order valence-electron chi connectivity index (χ4n) is 3.35. The molecule has 1 unspecified atom stereocenters. The van der Waals surface area contributed by atoms with Crippen molar-refractivity contribution in [3.8, 4) is 0 Å². The Morgan fingerprint density at radius 2 is 1.53 bits per heavy atom. The van der Waals surface area contributed by atoms with Crippen LogP contribution in [0.2, 0.25) is 5.02 Å². The lowest BCUT2D eigenvalue weighted by atomic mass is 10.2. The van der Waals surface area contributed by atoms with Gasteiger partial charge in [0.05, 0.1) is 16.1 Å². The molecule has 0 bridgehead atoms. The monoisotopic (exact) mass is 480 g/mol. The highest BCUT2D eigenvalue weighted by molar-refractivity contribution is 7.92. The van der Waals surface area contributed by atoms with Gasteiger partial charge in [-0.15, -0.1) is 0 Å². The van der Waals surface area contributed by atoms with Crippen molar-refractivity contribution in [2.24, 2.45) is 0 Å². The maximum Gasteiger partial charge on any atom is 0.338 e. The maximum atomic E-state index is 13.1. The summed E-state index contributed by atoms with van der Waals surface area (Å²) in [7, 11) is -2.55. The highest BCUT2D eigenvalue weighted by atomic mass is 35.5. The van der Waals surface area contributed by atoms with Gasteiger partial charge in [-0.1, -0.05) is 23.7 Å². The van der Waals surface area contributed by atoms with E-state index in [4.69, 9.17) is 16.3 Å². The van der Waals surface area contributed by atoms with Gasteiger partial charge in [0.1, 0.15) is 0 Å². The van der Waals surface area contributed by atoms with E-state index in [1.165, 1.54) is 44.3 Å². The molecule has 0 fully saturated rings. The molecule has 32 heavy (non-hydrogen) atoms. The predicted octanol–water partition coefficient (Wildman–Crippen LogP) is 4.36. The van der Waals surface area contributed by atoms with E-state index in [1.54, 1.807) is 23.1 Å². The van der Waals surface area contributed by atoms with E-state index in [2.05, 4.69) is 0 Å². The Morgan fingerprint density at radius 1 is 0.938 bits per heavy atom. The summed E-state index contributed by atoms with van der Waals surface area (Å²) in [5, 5.41) is 0.400. The number of benzene rings is 2. The minimum atomic E-state index is -3.95. The fourth-order valence-corrected chi connectivity index (χ4v) is 4.76. The number of carbonyl (C=O) groups excluding carboxylic acids is 2. The number of sulfonamides is 1. The number of rotatable bonds is 8. The third-order valence-corrected chi connectivity index (χ3v) is 6.92. The molecule has 7 nitrogen and oxygen atoms in total. The lowest BCUT2D eigenvalue weighted by Crippen LogP contribution is -2.47. The number of halogens is 1. The normalized spacial score (nSPS) is 12.5. The summed E-state index contributed by atoms with van der Waals surface area (Å²) in [6.07, 6.45) is -1.01. The Hall–Kier alpha value is -2.58. The van der Waals surface area contributed by atoms with Crippen LogP contribution in [0.1, 0.15) is 45.0 Å². The Kier molecular flexibility index (Phi) is 8.31. The van der Waals surface area contributed by atoms with Crippen LogP contribution in [0.25, 0.3) is 0 Å². The molecule has 0 aliphatic carbocycles. The summed E-state index contributed by atoms with van der Waals surface area (Å²) in [6, 6.07) is 11.8. The zero-order valence-corrected chi connectivity index (χ0v) is 20.6. The summed E-state index contributed by atoms with van der Waals surface area (Å²) < 4.78 is 32.6. The number of anilines is 1. The predicted molar refractivity (Wildman–Crippen MR) is 125 cm³/mol. The van der Waals surface area contributed by atoms with Crippen molar-refractivity contribution < 1.29 is 22.7 Å². The van der Waals surface area contributed by atoms with Gasteiger partial charge in [0.15, 0.2) is 6.10 Å². The molecule has 0 saturated carbocycles. The molecule has 2 rings (SSSR count). The molecule has 0 heterocycles. The van der Waals surface area contributed by atoms with E-state index < -0.39 is 22.1 Å². The van der Waals surface area contributed by atoms with Crippen LogP contribution in [0.3, 0.4) is 0 Å². The second kappa shape index (κ2) is 10.4. The SMILES string of the molecule is CC(OC(=O)c1cccc(S(=O)(=O)N(C)c2cccc(Cl)c2)c1)C(=O)N(C(C)C)C(C)C. The van der Waals surface area contributed by atoms with E-state index in [0.29, 0.717) is 10.7 Å². The van der Waals surface area contributed by atoms with E-state index in [0.717, 1.165) is 4.31 Å². The van der Waals surface area contributed by atoms with Crippen molar-refractivity contribution in [2.45, 2.75) is 57.7 Å². The summed E-state index contributed by atoms with van der Waals surface area (Å²) in [5.41, 5.74) is 0.415. The summed E-state index contributed by atoms with van der Waals surface area (Å²) in [5.74, 6) is -1.09. The lowest BCUT2D eigenvalue weighted by Gasteiger charge is -2.32. The number of amides is 1. The molecule has 0 aliphatic heterocycles. The first-order valence-corrected chi connectivity index (χ1v) is 12.1. The second-order valence-corrected chi connectivity index (χ2v) is 10.4. The van der Waals surface area contributed by atoms with Crippen LogP contribution >= 0.6 is 11.6 Å². The van der Waals surface area contributed by atoms with E-state index >= 15 is 0 Å². The van der Waals surface area contributed by atoms with Gasteiger partial charge in [-0.05, 0) is 71.0 Å². The molecule has 174 valence electrons. The number of hydrogen-bond donors (Lipinski definition) is 0. The minimum absolute atomic E-state index is 0.0332. The van der Waals surface area contributed by atoms with Crippen LogP contribution in [-0.4, -0.2) is 50.4 Å². The molecule has 1 atom stereocenters. The van der Waals surface area contributed by atoms with Gasteiger partial charge in [-0.25, -0.2) is 13.2 Å². The quantitative estimate of drug-likeness (QED) is 0.524. The summed E-state index contributed by atoms with van der Waals surface area (Å²) in [4.78, 5) is 26.9. The summed E-state index contributed by atoms with van der Waals surface area (Å²) in [6.45, 7) is 9.05. The average molecular weight is 481 g/mol. The van der Waals surface area contributed by atoms with Gasteiger partial charge < -0.3 is 9.64 Å². The van der Waals surface area contributed by atoms with Crippen LogP contribution in [-0.2, 0) is 19.6 Å². The molecule has 0 aromatic heterocycles. The zero-order valence-electron chi connectivity index (χ0n) is 19.1. The first-order chi connectivity index (χ1) is 14.9. The zero-order chi connectivity index (χ0) is 24.2. The average Bonchev–Trinajstić information content (AvgIpc) is 2.72. The standard InChI is InChI=1S/C23H29ClN2O5S/c1-15(2)26(16(3)4)22(27)17(5)31-23(28)18-9-7-12-21(13-18)32(29,30)25(6)20-11-8-10-19(24)14-20/h7-17H,1-6H3. The minimum Gasteiger partial charge on any atom is -0.449 e. The Balaban J connectivity index is 2.25. The Morgan fingerprint density at radius 3 is 2.09 bits per heavy atom. The van der Waals surface area contributed by atoms with Gasteiger partial charge in [-0.3, -0.25) is 9.10 Å². The number of carbonyl (C=O) groups is 2. The Bertz CT molecular complexity index is 1080. The van der Waals surface area contributed by atoms with Crippen molar-refractivity contribution in [1.29, 1.82) is 0 Å². The molecule has 0 N–H and O–H groups in total. The van der Waals surface area contributed by atoms with Gasteiger partial charge in [0, 0.05) is 24.2 Å². The van der Waals surface area contributed by atoms with Crippen molar-refractivity contribution in [3.63, 3.8) is 0 Å². The highest BCUT2D eigenvalue weighted by Crippen LogP contribution is 2.25. The van der Waals surface area contributed by atoms with E-state index in [1.807, 2.05) is 27.7 Å². The van der Waals surface area contributed by atoms with Crippen LogP contribution in [0.4, 0.5) is 5.69 Å². The first-order valence-electron chi connectivity index (χ1n) is 10.2. The first kappa shape index (κ1) is 25.7. The molecular weight excluding hydrogens is 452 g/mol.